The number of rotatable bonds is 5. The maximum absolute atomic E-state index is 13.6. The van der Waals surface area contributed by atoms with Gasteiger partial charge in [0.2, 0.25) is 10.0 Å². The lowest BCUT2D eigenvalue weighted by Gasteiger charge is -2.28. The predicted octanol–water partition coefficient (Wildman–Crippen LogP) is 3.52. The molecule has 3 N–H and O–H groups in total. The highest BCUT2D eigenvalue weighted by Crippen LogP contribution is 2.31. The Balaban J connectivity index is 2.46. The molecule has 0 fully saturated rings. The number of nitrogens with two attached hydrogens (primary N) is 1. The second-order valence-corrected chi connectivity index (χ2v) is 7.96. The van der Waals surface area contributed by atoms with E-state index in [1.807, 2.05) is 0 Å². The van der Waals surface area contributed by atoms with E-state index in [-0.39, 0.29) is 10.5 Å². The summed E-state index contributed by atoms with van der Waals surface area (Å²) in [4.78, 5) is -0.155. The Morgan fingerprint density at radius 2 is 1.50 bits per heavy atom. The molecule has 0 amide bonds. The SMILES string of the molecule is Cc1cc(C)c(S(=O)(=O)NC(C(N)c2ccccc2)C(F)(F)F)c(C)c1. The molecule has 0 spiro atoms. The van der Waals surface area contributed by atoms with Gasteiger partial charge in [-0.05, 0) is 37.5 Å². The molecule has 0 aliphatic heterocycles. The van der Waals surface area contributed by atoms with Gasteiger partial charge in [0, 0.05) is 0 Å². The monoisotopic (exact) mass is 386 g/mol. The molecule has 0 aromatic heterocycles. The molecule has 0 aliphatic carbocycles. The van der Waals surface area contributed by atoms with Crippen molar-refractivity contribution < 1.29 is 21.6 Å². The summed E-state index contributed by atoms with van der Waals surface area (Å²) < 4.78 is 67.9. The van der Waals surface area contributed by atoms with Gasteiger partial charge in [-0.1, -0.05) is 48.0 Å². The topological polar surface area (TPSA) is 72.2 Å². The van der Waals surface area contributed by atoms with Gasteiger partial charge in [0.25, 0.3) is 0 Å². The van der Waals surface area contributed by atoms with Crippen LogP contribution in [-0.4, -0.2) is 20.6 Å². The maximum Gasteiger partial charge on any atom is 0.406 e. The van der Waals surface area contributed by atoms with Crippen LogP contribution in [0.4, 0.5) is 13.2 Å². The number of aryl methyl sites for hydroxylation is 3. The molecule has 0 bridgehead atoms. The first kappa shape index (κ1) is 20.4. The van der Waals surface area contributed by atoms with E-state index in [0.29, 0.717) is 11.1 Å². The predicted molar refractivity (Wildman–Crippen MR) is 94.2 cm³/mol. The number of sulfonamides is 1. The van der Waals surface area contributed by atoms with Crippen molar-refractivity contribution in [2.75, 3.05) is 0 Å². The van der Waals surface area contributed by atoms with Crippen LogP contribution in [0, 0.1) is 20.8 Å². The minimum Gasteiger partial charge on any atom is -0.322 e. The second kappa shape index (κ2) is 7.38. The highest BCUT2D eigenvalue weighted by molar-refractivity contribution is 7.89. The Morgan fingerprint density at radius 3 is 1.96 bits per heavy atom. The van der Waals surface area contributed by atoms with Crippen LogP contribution in [0.3, 0.4) is 0 Å². The number of alkyl halides is 3. The fraction of sp³-hybridized carbons (Fsp3) is 0.333. The maximum atomic E-state index is 13.6. The molecule has 2 aromatic rings. The Morgan fingerprint density at radius 1 is 1.00 bits per heavy atom. The molecule has 142 valence electrons. The third kappa shape index (κ3) is 4.44. The van der Waals surface area contributed by atoms with Gasteiger partial charge in [-0.25, -0.2) is 8.42 Å². The van der Waals surface area contributed by atoms with Gasteiger partial charge in [-0.15, -0.1) is 0 Å². The van der Waals surface area contributed by atoms with Gasteiger partial charge >= 0.3 is 6.18 Å². The van der Waals surface area contributed by atoms with Crippen LogP contribution in [0.5, 0.6) is 0 Å². The van der Waals surface area contributed by atoms with E-state index in [1.165, 1.54) is 12.1 Å². The van der Waals surface area contributed by atoms with E-state index in [4.69, 9.17) is 5.73 Å². The highest BCUT2D eigenvalue weighted by Gasteiger charge is 2.46. The first-order valence-electron chi connectivity index (χ1n) is 7.91. The van der Waals surface area contributed by atoms with E-state index < -0.39 is 28.3 Å². The summed E-state index contributed by atoms with van der Waals surface area (Å²) in [5, 5.41) is 0. The Labute approximate surface area is 151 Å². The lowest BCUT2D eigenvalue weighted by molar-refractivity contribution is -0.156. The van der Waals surface area contributed by atoms with Crippen LogP contribution < -0.4 is 10.5 Å². The lowest BCUT2D eigenvalue weighted by atomic mass is 10.0. The van der Waals surface area contributed by atoms with Crippen molar-refractivity contribution in [2.45, 2.75) is 43.9 Å². The standard InChI is InChI=1S/C18H21F3N2O2S/c1-11-9-12(2)16(13(3)10-11)26(24,25)23-17(18(19,20)21)15(22)14-7-5-4-6-8-14/h4-10,15,17,23H,22H2,1-3H3. The van der Waals surface area contributed by atoms with Crippen LogP contribution >= 0.6 is 0 Å². The summed E-state index contributed by atoms with van der Waals surface area (Å²) in [7, 11) is -4.42. The molecule has 0 radical (unpaired) electrons. The van der Waals surface area contributed by atoms with E-state index in [2.05, 4.69) is 0 Å². The van der Waals surface area contributed by atoms with Crippen molar-refractivity contribution in [3.8, 4) is 0 Å². The molecule has 0 saturated carbocycles. The number of benzene rings is 2. The summed E-state index contributed by atoms with van der Waals surface area (Å²) >= 11 is 0. The number of hydrogen-bond acceptors (Lipinski definition) is 3. The highest BCUT2D eigenvalue weighted by atomic mass is 32.2. The molecule has 26 heavy (non-hydrogen) atoms. The summed E-state index contributed by atoms with van der Waals surface area (Å²) in [5.74, 6) is 0. The molecule has 2 atom stereocenters. The van der Waals surface area contributed by atoms with Gasteiger partial charge in [-0.2, -0.15) is 17.9 Å². The van der Waals surface area contributed by atoms with Crippen molar-refractivity contribution in [2.24, 2.45) is 5.73 Å². The molecule has 2 rings (SSSR count). The zero-order chi connectivity index (χ0) is 19.7. The van der Waals surface area contributed by atoms with Crippen molar-refractivity contribution in [1.29, 1.82) is 0 Å². The summed E-state index contributed by atoms with van der Waals surface area (Å²) in [6.45, 7) is 4.89. The fourth-order valence-electron chi connectivity index (χ4n) is 3.03. The van der Waals surface area contributed by atoms with E-state index in [1.54, 1.807) is 55.8 Å². The average Bonchev–Trinajstić information content (AvgIpc) is 2.50. The van der Waals surface area contributed by atoms with Crippen LogP contribution in [0.2, 0.25) is 0 Å². The first-order chi connectivity index (χ1) is 11.9. The van der Waals surface area contributed by atoms with Crippen LogP contribution in [0.25, 0.3) is 0 Å². The molecule has 4 nitrogen and oxygen atoms in total. The average molecular weight is 386 g/mol. The normalized spacial score (nSPS) is 14.9. The third-order valence-electron chi connectivity index (χ3n) is 4.05. The third-order valence-corrected chi connectivity index (χ3v) is 5.80. The molecule has 8 heteroatoms. The molecular formula is C18H21F3N2O2S. The molecule has 2 aromatic carbocycles. The van der Waals surface area contributed by atoms with E-state index in [9.17, 15) is 21.6 Å². The van der Waals surface area contributed by atoms with E-state index in [0.717, 1.165) is 5.56 Å². The van der Waals surface area contributed by atoms with Gasteiger partial charge in [0.15, 0.2) is 0 Å². The molecule has 2 unspecified atom stereocenters. The van der Waals surface area contributed by atoms with Crippen molar-refractivity contribution in [1.82, 2.24) is 4.72 Å². The van der Waals surface area contributed by atoms with Gasteiger partial charge in [-0.3, -0.25) is 0 Å². The van der Waals surface area contributed by atoms with Gasteiger partial charge in [0.05, 0.1) is 10.9 Å². The summed E-state index contributed by atoms with van der Waals surface area (Å²) in [6.07, 6.45) is -4.85. The number of hydrogen-bond donors (Lipinski definition) is 2. The van der Waals surface area contributed by atoms with Crippen molar-refractivity contribution in [3.63, 3.8) is 0 Å². The lowest BCUT2D eigenvalue weighted by Crippen LogP contribution is -2.51. The summed E-state index contributed by atoms with van der Waals surface area (Å²) in [6, 6.07) is 6.80. The van der Waals surface area contributed by atoms with Crippen LogP contribution in [-0.2, 0) is 10.0 Å². The van der Waals surface area contributed by atoms with Crippen molar-refractivity contribution in [3.05, 3.63) is 64.7 Å². The smallest absolute Gasteiger partial charge is 0.322 e. The zero-order valence-electron chi connectivity index (χ0n) is 14.6. The summed E-state index contributed by atoms with van der Waals surface area (Å²) in [5.41, 5.74) is 7.54. The Bertz CT molecular complexity index is 858. The van der Waals surface area contributed by atoms with Gasteiger partial charge < -0.3 is 5.73 Å². The van der Waals surface area contributed by atoms with E-state index >= 15 is 0 Å². The second-order valence-electron chi connectivity index (χ2n) is 6.30. The van der Waals surface area contributed by atoms with Crippen LogP contribution in [0.1, 0.15) is 28.3 Å². The quantitative estimate of drug-likeness (QED) is 0.826. The number of nitrogens with one attached hydrogen (secondary N) is 1. The minimum atomic E-state index is -4.85. The van der Waals surface area contributed by atoms with Gasteiger partial charge in [0.1, 0.15) is 6.04 Å². The first-order valence-corrected chi connectivity index (χ1v) is 9.39. The zero-order valence-corrected chi connectivity index (χ0v) is 15.4. The minimum absolute atomic E-state index is 0.155. The Kier molecular flexibility index (Phi) is 5.79. The fourth-order valence-corrected chi connectivity index (χ4v) is 4.73. The van der Waals surface area contributed by atoms with Crippen molar-refractivity contribution >= 4 is 10.0 Å². The Hall–Kier alpha value is -1.90. The molecule has 0 aliphatic rings. The molecular weight excluding hydrogens is 365 g/mol. The molecule has 0 saturated heterocycles. The van der Waals surface area contributed by atoms with Crippen LogP contribution in [0.15, 0.2) is 47.4 Å². The number of halogens is 3. The molecule has 0 heterocycles. The largest absolute Gasteiger partial charge is 0.406 e.